The first-order chi connectivity index (χ1) is 9.24. The minimum Gasteiger partial charge on any atom is -0.466 e. The van der Waals surface area contributed by atoms with Crippen molar-refractivity contribution in [1.82, 2.24) is 0 Å². The number of benzene rings is 1. The van der Waals surface area contributed by atoms with Crippen molar-refractivity contribution in [2.45, 2.75) is 39.5 Å². The van der Waals surface area contributed by atoms with E-state index in [1.165, 1.54) is 5.56 Å². The molecule has 1 aromatic rings. The predicted molar refractivity (Wildman–Crippen MR) is 76.8 cm³/mol. The van der Waals surface area contributed by atoms with Crippen LogP contribution in [0.1, 0.15) is 38.7 Å². The van der Waals surface area contributed by atoms with Gasteiger partial charge in [0.05, 0.1) is 12.5 Å². The van der Waals surface area contributed by atoms with Crippen molar-refractivity contribution in [3.05, 3.63) is 35.9 Å². The van der Waals surface area contributed by atoms with Crippen molar-refractivity contribution in [3.8, 4) is 0 Å². The fourth-order valence-corrected chi connectivity index (χ4v) is 3.34. The van der Waals surface area contributed by atoms with Crippen LogP contribution in [0.15, 0.2) is 30.3 Å². The minimum atomic E-state index is 0.0184. The number of ether oxygens (including phenoxy) is 1. The molecule has 1 aliphatic rings. The Morgan fingerprint density at radius 2 is 1.95 bits per heavy atom. The van der Waals surface area contributed by atoms with Crippen LogP contribution in [0, 0.1) is 17.8 Å². The van der Waals surface area contributed by atoms with Crippen LogP contribution in [0.5, 0.6) is 0 Å². The number of rotatable bonds is 5. The van der Waals surface area contributed by atoms with Gasteiger partial charge in [-0.25, -0.2) is 0 Å². The van der Waals surface area contributed by atoms with Gasteiger partial charge in [-0.05, 0) is 43.6 Å². The summed E-state index contributed by atoms with van der Waals surface area (Å²) in [6.07, 6.45) is 4.32. The Morgan fingerprint density at radius 1 is 1.21 bits per heavy atom. The standard InChI is InChI=1S/C17H24O2/c1-3-15-11-14(10-13-8-6-5-7-9-13)12-16(15)17(18)19-4-2/h5-9,14-16H,3-4,10-12H2,1-2H3/t14?,15-,16+/m1/s1. The van der Waals surface area contributed by atoms with Gasteiger partial charge < -0.3 is 4.74 Å². The van der Waals surface area contributed by atoms with Crippen LogP contribution >= 0.6 is 0 Å². The van der Waals surface area contributed by atoms with Crippen LogP contribution in [0.4, 0.5) is 0 Å². The fourth-order valence-electron chi connectivity index (χ4n) is 3.34. The van der Waals surface area contributed by atoms with Crippen LogP contribution in [0.2, 0.25) is 0 Å². The lowest BCUT2D eigenvalue weighted by atomic mass is 9.94. The molecule has 104 valence electrons. The molecule has 0 amide bonds. The first-order valence-electron chi connectivity index (χ1n) is 7.45. The molecule has 19 heavy (non-hydrogen) atoms. The second-order valence-corrected chi connectivity index (χ2v) is 5.55. The summed E-state index contributed by atoms with van der Waals surface area (Å²) in [6, 6.07) is 10.6. The molecule has 0 aromatic heterocycles. The summed E-state index contributed by atoms with van der Waals surface area (Å²) in [4.78, 5) is 12.0. The van der Waals surface area contributed by atoms with Crippen molar-refractivity contribution >= 4 is 5.97 Å². The molecule has 2 heteroatoms. The van der Waals surface area contributed by atoms with E-state index in [0.717, 1.165) is 25.7 Å². The average molecular weight is 260 g/mol. The van der Waals surface area contributed by atoms with Gasteiger partial charge in [0.2, 0.25) is 0 Å². The predicted octanol–water partition coefficient (Wildman–Crippen LogP) is 3.84. The van der Waals surface area contributed by atoms with Gasteiger partial charge in [0.15, 0.2) is 0 Å². The summed E-state index contributed by atoms with van der Waals surface area (Å²) in [5, 5.41) is 0. The van der Waals surface area contributed by atoms with Crippen molar-refractivity contribution < 1.29 is 9.53 Å². The molecule has 0 heterocycles. The highest BCUT2D eigenvalue weighted by Crippen LogP contribution is 2.40. The largest absolute Gasteiger partial charge is 0.466 e. The highest BCUT2D eigenvalue weighted by Gasteiger charge is 2.38. The molecular formula is C17H24O2. The monoisotopic (exact) mass is 260 g/mol. The number of esters is 1. The van der Waals surface area contributed by atoms with Gasteiger partial charge in [-0.1, -0.05) is 43.7 Å². The molecule has 3 atom stereocenters. The quantitative estimate of drug-likeness (QED) is 0.752. The number of carbonyl (C=O) groups is 1. The smallest absolute Gasteiger partial charge is 0.309 e. The van der Waals surface area contributed by atoms with Gasteiger partial charge in [-0.2, -0.15) is 0 Å². The molecule has 0 radical (unpaired) electrons. The molecule has 2 rings (SSSR count). The Morgan fingerprint density at radius 3 is 2.58 bits per heavy atom. The topological polar surface area (TPSA) is 26.3 Å². The third kappa shape index (κ3) is 3.59. The molecule has 0 aliphatic heterocycles. The van der Waals surface area contributed by atoms with E-state index in [2.05, 4.69) is 37.3 Å². The van der Waals surface area contributed by atoms with Crippen LogP contribution in [-0.4, -0.2) is 12.6 Å². The van der Waals surface area contributed by atoms with E-state index >= 15 is 0 Å². The van der Waals surface area contributed by atoms with Gasteiger partial charge in [0.25, 0.3) is 0 Å². The fraction of sp³-hybridized carbons (Fsp3) is 0.588. The zero-order valence-corrected chi connectivity index (χ0v) is 12.0. The summed E-state index contributed by atoms with van der Waals surface area (Å²) >= 11 is 0. The first kappa shape index (κ1) is 14.1. The maximum absolute atomic E-state index is 12.0. The maximum atomic E-state index is 12.0. The van der Waals surface area contributed by atoms with E-state index in [4.69, 9.17) is 4.74 Å². The van der Waals surface area contributed by atoms with Crippen LogP contribution < -0.4 is 0 Å². The Labute approximate surface area is 116 Å². The van der Waals surface area contributed by atoms with Crippen molar-refractivity contribution in [3.63, 3.8) is 0 Å². The molecule has 2 nitrogen and oxygen atoms in total. The normalized spacial score (nSPS) is 26.3. The highest BCUT2D eigenvalue weighted by molar-refractivity contribution is 5.73. The van der Waals surface area contributed by atoms with E-state index in [-0.39, 0.29) is 11.9 Å². The molecule has 0 spiro atoms. The average Bonchev–Trinajstić information content (AvgIpc) is 2.83. The lowest BCUT2D eigenvalue weighted by Gasteiger charge is -2.15. The first-order valence-corrected chi connectivity index (χ1v) is 7.45. The van der Waals surface area contributed by atoms with Crippen LogP contribution in [0.25, 0.3) is 0 Å². The molecule has 1 saturated carbocycles. The summed E-state index contributed by atoms with van der Waals surface area (Å²) in [5.74, 6) is 1.28. The van der Waals surface area contributed by atoms with Gasteiger partial charge in [0.1, 0.15) is 0 Å². The number of carbonyl (C=O) groups excluding carboxylic acids is 1. The van der Waals surface area contributed by atoms with E-state index < -0.39 is 0 Å². The van der Waals surface area contributed by atoms with E-state index in [9.17, 15) is 4.79 Å². The maximum Gasteiger partial charge on any atom is 0.309 e. The molecule has 0 saturated heterocycles. The molecule has 1 aromatic carbocycles. The zero-order valence-electron chi connectivity index (χ0n) is 12.0. The third-order valence-electron chi connectivity index (χ3n) is 4.27. The van der Waals surface area contributed by atoms with Crippen LogP contribution in [0.3, 0.4) is 0 Å². The van der Waals surface area contributed by atoms with Crippen molar-refractivity contribution in [2.24, 2.45) is 17.8 Å². The molecule has 1 unspecified atom stereocenters. The van der Waals surface area contributed by atoms with E-state index in [1.54, 1.807) is 0 Å². The Bertz CT molecular complexity index is 399. The number of hydrogen-bond donors (Lipinski definition) is 0. The van der Waals surface area contributed by atoms with Gasteiger partial charge in [0, 0.05) is 0 Å². The molecule has 0 bridgehead atoms. The lowest BCUT2D eigenvalue weighted by Crippen LogP contribution is -2.21. The molecule has 1 fully saturated rings. The van der Waals surface area contributed by atoms with E-state index in [1.807, 2.05) is 6.92 Å². The summed E-state index contributed by atoms with van der Waals surface area (Å²) < 4.78 is 5.22. The van der Waals surface area contributed by atoms with Gasteiger partial charge >= 0.3 is 5.97 Å². The van der Waals surface area contributed by atoms with E-state index in [0.29, 0.717) is 18.4 Å². The van der Waals surface area contributed by atoms with Crippen molar-refractivity contribution in [1.29, 1.82) is 0 Å². The van der Waals surface area contributed by atoms with Crippen molar-refractivity contribution in [2.75, 3.05) is 6.61 Å². The SMILES string of the molecule is CCOC(=O)[C@H]1CC(Cc2ccccc2)C[C@H]1CC. The summed E-state index contributed by atoms with van der Waals surface area (Å²) in [7, 11) is 0. The Kier molecular flexibility index (Phi) is 5.00. The highest BCUT2D eigenvalue weighted by atomic mass is 16.5. The molecular weight excluding hydrogens is 236 g/mol. The summed E-state index contributed by atoms with van der Waals surface area (Å²) in [6.45, 7) is 4.56. The van der Waals surface area contributed by atoms with Gasteiger partial charge in [-0.15, -0.1) is 0 Å². The second-order valence-electron chi connectivity index (χ2n) is 5.55. The second kappa shape index (κ2) is 6.74. The third-order valence-corrected chi connectivity index (χ3v) is 4.27. The molecule has 0 N–H and O–H groups in total. The van der Waals surface area contributed by atoms with Crippen LogP contribution in [-0.2, 0) is 16.0 Å². The number of hydrogen-bond acceptors (Lipinski definition) is 2. The Hall–Kier alpha value is -1.31. The Balaban J connectivity index is 1.97. The molecule has 1 aliphatic carbocycles. The lowest BCUT2D eigenvalue weighted by molar-refractivity contribution is -0.149. The van der Waals surface area contributed by atoms with Gasteiger partial charge in [-0.3, -0.25) is 4.79 Å². The zero-order chi connectivity index (χ0) is 13.7. The summed E-state index contributed by atoms with van der Waals surface area (Å²) in [5.41, 5.74) is 1.38. The minimum absolute atomic E-state index is 0.0184.